The lowest BCUT2D eigenvalue weighted by Crippen LogP contribution is -2.47. The molecule has 1 aliphatic heterocycles. The molecule has 1 N–H and O–H groups in total. The summed E-state index contributed by atoms with van der Waals surface area (Å²) in [7, 11) is 0. The molecule has 1 fully saturated rings. The van der Waals surface area contributed by atoms with E-state index < -0.39 is 17.7 Å². The van der Waals surface area contributed by atoms with Gasteiger partial charge in [-0.25, -0.2) is 13.8 Å². The highest BCUT2D eigenvalue weighted by atomic mass is 19.1. The van der Waals surface area contributed by atoms with Gasteiger partial charge >= 0.3 is 0 Å². The molecule has 0 bridgehead atoms. The van der Waals surface area contributed by atoms with Gasteiger partial charge in [-0.05, 0) is 18.2 Å². The molecule has 1 aliphatic rings. The number of ether oxygens (including phenoxy) is 2. The summed E-state index contributed by atoms with van der Waals surface area (Å²) >= 11 is 0. The predicted molar refractivity (Wildman–Crippen MR) is 85.8 cm³/mol. The van der Waals surface area contributed by atoms with E-state index in [4.69, 9.17) is 9.47 Å². The molecule has 1 amide bonds. The summed E-state index contributed by atoms with van der Waals surface area (Å²) in [6, 6.07) is 3.00. The molecule has 3 rings (SSSR count). The van der Waals surface area contributed by atoms with Crippen molar-refractivity contribution < 1.29 is 23.0 Å². The van der Waals surface area contributed by atoms with Gasteiger partial charge in [0.25, 0.3) is 0 Å². The Morgan fingerprint density at radius 1 is 1.48 bits per heavy atom. The normalized spacial score (nSPS) is 17.8. The summed E-state index contributed by atoms with van der Waals surface area (Å²) in [5.41, 5.74) is 0.725. The third kappa shape index (κ3) is 4.63. The van der Waals surface area contributed by atoms with E-state index >= 15 is 0 Å². The fourth-order valence-electron chi connectivity index (χ4n) is 2.42. The quantitative estimate of drug-likeness (QED) is 0.839. The molecule has 0 spiro atoms. The average Bonchev–Trinajstić information content (AvgIpc) is 3.14. The van der Waals surface area contributed by atoms with E-state index in [1.165, 1.54) is 12.4 Å². The van der Waals surface area contributed by atoms with E-state index in [1.54, 1.807) is 17.2 Å². The van der Waals surface area contributed by atoms with Crippen LogP contribution in [0.5, 0.6) is 5.75 Å². The number of nitrogens with one attached hydrogen (secondary N) is 1. The number of rotatable bonds is 5. The molecule has 8 heteroatoms. The van der Waals surface area contributed by atoms with Crippen molar-refractivity contribution in [2.75, 3.05) is 26.3 Å². The monoisotopic (exact) mass is 349 g/mol. The molecule has 6 nitrogen and oxygen atoms in total. The van der Waals surface area contributed by atoms with Gasteiger partial charge in [0.2, 0.25) is 5.91 Å². The van der Waals surface area contributed by atoms with Crippen molar-refractivity contribution in [2.24, 2.45) is 0 Å². The van der Waals surface area contributed by atoms with Crippen LogP contribution in [0.1, 0.15) is 5.69 Å². The average molecular weight is 349 g/mol. The van der Waals surface area contributed by atoms with Crippen LogP contribution in [-0.4, -0.2) is 53.2 Å². The molecule has 132 valence electrons. The number of amides is 1. The van der Waals surface area contributed by atoms with Crippen molar-refractivity contribution in [1.29, 1.82) is 0 Å². The van der Waals surface area contributed by atoms with Gasteiger partial charge in [-0.15, -0.1) is 0 Å². The van der Waals surface area contributed by atoms with Crippen LogP contribution in [0.15, 0.2) is 36.8 Å². The number of morpholine rings is 1. The highest BCUT2D eigenvalue weighted by Crippen LogP contribution is 2.19. The lowest BCUT2D eigenvalue weighted by molar-refractivity contribution is -0.134. The maximum atomic E-state index is 13.5. The molecule has 1 aromatic heterocycles. The van der Waals surface area contributed by atoms with Crippen molar-refractivity contribution in [1.82, 2.24) is 14.9 Å². The number of benzene rings is 1. The Morgan fingerprint density at radius 3 is 3.16 bits per heavy atom. The van der Waals surface area contributed by atoms with Crippen LogP contribution in [0, 0.1) is 11.6 Å². The van der Waals surface area contributed by atoms with Crippen molar-refractivity contribution in [3.63, 3.8) is 0 Å². The van der Waals surface area contributed by atoms with E-state index in [0.717, 1.165) is 23.9 Å². The Hall–Kier alpha value is -2.74. The Morgan fingerprint density at radius 2 is 2.36 bits per heavy atom. The Kier molecular flexibility index (Phi) is 5.39. The van der Waals surface area contributed by atoms with E-state index in [0.29, 0.717) is 19.7 Å². The maximum absolute atomic E-state index is 13.5. The van der Waals surface area contributed by atoms with Gasteiger partial charge in [0, 0.05) is 18.7 Å². The molecule has 0 aliphatic carbocycles. The number of hydrogen-bond donors (Lipinski definition) is 1. The summed E-state index contributed by atoms with van der Waals surface area (Å²) in [5, 5.41) is 0. The molecule has 1 unspecified atom stereocenters. The minimum atomic E-state index is -0.646. The summed E-state index contributed by atoms with van der Waals surface area (Å²) in [5.74, 6) is -1.57. The molecule has 25 heavy (non-hydrogen) atoms. The lowest BCUT2D eigenvalue weighted by atomic mass is 10.2. The van der Waals surface area contributed by atoms with Crippen molar-refractivity contribution in [3.8, 4) is 5.75 Å². The first kappa shape index (κ1) is 17.1. The molecule has 2 heterocycles. The number of imidazole rings is 1. The van der Waals surface area contributed by atoms with Gasteiger partial charge < -0.3 is 19.4 Å². The van der Waals surface area contributed by atoms with Gasteiger partial charge in [-0.1, -0.05) is 0 Å². The highest BCUT2D eigenvalue weighted by Gasteiger charge is 2.24. The van der Waals surface area contributed by atoms with Crippen molar-refractivity contribution in [2.45, 2.75) is 6.10 Å². The summed E-state index contributed by atoms with van der Waals surface area (Å²) < 4.78 is 37.5. The Balaban J connectivity index is 1.54. The molecular formula is C17H17F2N3O3. The van der Waals surface area contributed by atoms with Crippen LogP contribution in [0.3, 0.4) is 0 Å². The second-order valence-corrected chi connectivity index (χ2v) is 5.50. The second-order valence-electron chi connectivity index (χ2n) is 5.50. The van der Waals surface area contributed by atoms with Crippen molar-refractivity contribution in [3.05, 3.63) is 54.1 Å². The SMILES string of the molecule is O=C(/C=C/c1cnc[nH]1)N1CCOC(COc2cc(F)ccc2F)C1. The fraction of sp³-hybridized carbons (Fsp3) is 0.294. The predicted octanol–water partition coefficient (Wildman–Crippen LogP) is 2.01. The number of carbonyl (C=O) groups is 1. The largest absolute Gasteiger partial charge is 0.488 e. The zero-order valence-electron chi connectivity index (χ0n) is 13.3. The zero-order chi connectivity index (χ0) is 17.6. The number of halogens is 2. The van der Waals surface area contributed by atoms with Gasteiger partial charge in [0.1, 0.15) is 18.5 Å². The number of hydrogen-bond acceptors (Lipinski definition) is 4. The first-order valence-electron chi connectivity index (χ1n) is 7.76. The molecular weight excluding hydrogens is 332 g/mol. The van der Waals surface area contributed by atoms with Gasteiger partial charge in [-0.3, -0.25) is 4.79 Å². The number of carbonyl (C=O) groups excluding carboxylic acids is 1. The summed E-state index contributed by atoms with van der Waals surface area (Å²) in [4.78, 5) is 20.6. The smallest absolute Gasteiger partial charge is 0.246 e. The first-order valence-corrected chi connectivity index (χ1v) is 7.76. The van der Waals surface area contributed by atoms with Crippen LogP contribution < -0.4 is 4.74 Å². The number of H-pyrrole nitrogens is 1. The molecule has 0 saturated carbocycles. The second kappa shape index (κ2) is 7.89. The molecule has 0 radical (unpaired) electrons. The molecule has 2 aromatic rings. The number of nitrogens with zero attached hydrogens (tertiary/aromatic N) is 2. The van der Waals surface area contributed by atoms with Gasteiger partial charge in [0.05, 0.1) is 31.4 Å². The molecule has 1 saturated heterocycles. The standard InChI is InChI=1S/C17H17F2N3O3/c18-12-1-3-15(19)16(7-12)25-10-14-9-22(5-6-24-14)17(23)4-2-13-8-20-11-21-13/h1-4,7-8,11,14H,5-6,9-10H2,(H,20,21)/b4-2+. The Bertz CT molecular complexity index is 750. The minimum Gasteiger partial charge on any atom is -0.488 e. The van der Waals surface area contributed by atoms with Crippen LogP contribution in [0.4, 0.5) is 8.78 Å². The Labute approximate surface area is 143 Å². The zero-order valence-corrected chi connectivity index (χ0v) is 13.3. The highest BCUT2D eigenvalue weighted by molar-refractivity contribution is 5.91. The third-order valence-corrected chi connectivity index (χ3v) is 3.69. The molecule has 1 atom stereocenters. The lowest BCUT2D eigenvalue weighted by Gasteiger charge is -2.32. The fourth-order valence-corrected chi connectivity index (χ4v) is 2.42. The van der Waals surface area contributed by atoms with E-state index in [-0.39, 0.29) is 18.3 Å². The van der Waals surface area contributed by atoms with Crippen LogP contribution in [-0.2, 0) is 9.53 Å². The van der Waals surface area contributed by atoms with E-state index in [1.807, 2.05) is 0 Å². The minimum absolute atomic E-state index is 0.0222. The van der Waals surface area contributed by atoms with Crippen LogP contribution >= 0.6 is 0 Å². The first-order chi connectivity index (χ1) is 12.1. The summed E-state index contributed by atoms with van der Waals surface area (Å²) in [6.45, 7) is 1.14. The topological polar surface area (TPSA) is 67.5 Å². The third-order valence-electron chi connectivity index (χ3n) is 3.69. The van der Waals surface area contributed by atoms with E-state index in [2.05, 4.69) is 9.97 Å². The summed E-state index contributed by atoms with van der Waals surface area (Å²) in [6.07, 6.45) is 5.80. The molecule has 1 aromatic carbocycles. The maximum Gasteiger partial charge on any atom is 0.246 e. The van der Waals surface area contributed by atoms with E-state index in [9.17, 15) is 13.6 Å². The number of aromatic nitrogens is 2. The van der Waals surface area contributed by atoms with Gasteiger partial charge in [0.15, 0.2) is 11.6 Å². The van der Waals surface area contributed by atoms with Crippen LogP contribution in [0.2, 0.25) is 0 Å². The van der Waals surface area contributed by atoms with Crippen LogP contribution in [0.25, 0.3) is 6.08 Å². The van der Waals surface area contributed by atoms with Crippen molar-refractivity contribution >= 4 is 12.0 Å². The number of aromatic amines is 1. The van der Waals surface area contributed by atoms with Gasteiger partial charge in [-0.2, -0.15) is 0 Å².